The molecule has 0 amide bonds. The minimum Gasteiger partial charge on any atom is -0.312 e. The summed E-state index contributed by atoms with van der Waals surface area (Å²) in [4.78, 5) is 0. The van der Waals surface area contributed by atoms with Gasteiger partial charge in [0.1, 0.15) is 0 Å². The lowest BCUT2D eigenvalue weighted by molar-refractivity contribution is 0.227. The van der Waals surface area contributed by atoms with Gasteiger partial charge in [-0.3, -0.25) is 0 Å². The first-order valence-corrected chi connectivity index (χ1v) is 7.59. The van der Waals surface area contributed by atoms with Gasteiger partial charge in [0.15, 0.2) is 0 Å². The van der Waals surface area contributed by atoms with E-state index in [9.17, 15) is 0 Å². The fraction of sp³-hybridized carbons (Fsp3) is 0.667. The molecule has 1 fully saturated rings. The number of hydrogen-bond acceptors (Lipinski definition) is 1. The number of hydrogen-bond donors (Lipinski definition) is 1. The molecule has 1 aromatic rings. The topological polar surface area (TPSA) is 12.0 Å². The van der Waals surface area contributed by atoms with E-state index in [1.807, 2.05) is 0 Å². The van der Waals surface area contributed by atoms with Crippen LogP contribution in [0, 0.1) is 18.3 Å². The van der Waals surface area contributed by atoms with Crippen LogP contribution >= 0.6 is 0 Å². The summed E-state index contributed by atoms with van der Waals surface area (Å²) in [5.41, 5.74) is 3.45. The summed E-state index contributed by atoms with van der Waals surface area (Å²) in [6.07, 6.45) is 4.02. The minimum atomic E-state index is 0.212. The molecule has 0 radical (unpaired) electrons. The monoisotopic (exact) mass is 259 g/mol. The molecule has 1 aliphatic rings. The third-order valence-electron chi connectivity index (χ3n) is 4.31. The van der Waals surface area contributed by atoms with E-state index in [2.05, 4.69) is 64.2 Å². The van der Waals surface area contributed by atoms with Crippen LogP contribution in [0.5, 0.6) is 0 Å². The van der Waals surface area contributed by atoms with Crippen molar-refractivity contribution in [1.82, 2.24) is 5.32 Å². The molecule has 1 heteroatoms. The molecule has 1 aromatic carbocycles. The second-order valence-corrected chi connectivity index (χ2v) is 7.69. The number of nitrogens with one attached hydrogen (secondary N) is 1. The molecule has 2 rings (SSSR count). The molecule has 1 unspecified atom stereocenters. The molecular weight excluding hydrogens is 230 g/mol. The molecule has 0 bridgehead atoms. The van der Waals surface area contributed by atoms with Gasteiger partial charge in [0.2, 0.25) is 0 Å². The van der Waals surface area contributed by atoms with E-state index in [4.69, 9.17) is 0 Å². The minimum absolute atomic E-state index is 0.212. The van der Waals surface area contributed by atoms with Gasteiger partial charge < -0.3 is 5.32 Å². The first-order chi connectivity index (χ1) is 8.78. The van der Waals surface area contributed by atoms with Crippen molar-refractivity contribution in [3.63, 3.8) is 0 Å². The fourth-order valence-electron chi connectivity index (χ4n) is 2.77. The summed E-state index contributed by atoms with van der Waals surface area (Å²) in [6, 6.07) is 9.07. The first kappa shape index (κ1) is 14.6. The Bertz CT molecular complexity index is 408. The number of benzene rings is 1. The van der Waals surface area contributed by atoms with Crippen molar-refractivity contribution in [2.45, 2.75) is 59.4 Å². The van der Waals surface area contributed by atoms with E-state index in [1.54, 1.807) is 0 Å². The number of aryl methyl sites for hydroxylation is 1. The average molecular weight is 259 g/mol. The van der Waals surface area contributed by atoms with Gasteiger partial charge in [0, 0.05) is 12.1 Å². The van der Waals surface area contributed by atoms with Gasteiger partial charge in [0.05, 0.1) is 0 Å². The summed E-state index contributed by atoms with van der Waals surface area (Å²) in [7, 11) is 0. The highest BCUT2D eigenvalue weighted by atomic mass is 15.0. The lowest BCUT2D eigenvalue weighted by atomic mass is 9.78. The van der Waals surface area contributed by atoms with Gasteiger partial charge in [-0.25, -0.2) is 0 Å². The molecule has 1 nitrogen and oxygen atoms in total. The van der Waals surface area contributed by atoms with E-state index in [0.29, 0.717) is 5.41 Å². The Hall–Kier alpha value is -0.820. The summed E-state index contributed by atoms with van der Waals surface area (Å²) >= 11 is 0. The zero-order chi connectivity index (χ0) is 14.1. The van der Waals surface area contributed by atoms with E-state index in [0.717, 1.165) is 12.5 Å². The van der Waals surface area contributed by atoms with Gasteiger partial charge in [-0.2, -0.15) is 0 Å². The predicted octanol–water partition coefficient (Wildman–Crippen LogP) is 4.34. The Morgan fingerprint density at radius 3 is 2.11 bits per heavy atom. The van der Waals surface area contributed by atoms with Crippen LogP contribution < -0.4 is 5.32 Å². The van der Waals surface area contributed by atoms with Crippen molar-refractivity contribution in [1.29, 1.82) is 0 Å². The van der Waals surface area contributed by atoms with E-state index in [1.165, 1.54) is 30.4 Å². The largest absolute Gasteiger partial charge is 0.312 e. The van der Waals surface area contributed by atoms with Gasteiger partial charge in [-0.05, 0) is 63.9 Å². The van der Waals surface area contributed by atoms with Crippen molar-refractivity contribution in [3.05, 3.63) is 35.4 Å². The smallest absolute Gasteiger partial charge is 0.00967 e. The Kier molecular flexibility index (Phi) is 4.06. The van der Waals surface area contributed by atoms with Crippen molar-refractivity contribution >= 4 is 0 Å². The summed E-state index contributed by atoms with van der Waals surface area (Å²) < 4.78 is 0. The molecule has 106 valence electrons. The first-order valence-electron chi connectivity index (χ1n) is 7.59. The molecule has 0 aromatic heterocycles. The molecular formula is C18H29N. The van der Waals surface area contributed by atoms with Crippen molar-refractivity contribution in [2.24, 2.45) is 11.3 Å². The fourth-order valence-corrected chi connectivity index (χ4v) is 2.77. The van der Waals surface area contributed by atoms with Crippen LogP contribution in [-0.2, 0) is 6.42 Å². The van der Waals surface area contributed by atoms with Crippen molar-refractivity contribution < 1.29 is 0 Å². The zero-order valence-corrected chi connectivity index (χ0v) is 13.2. The third kappa shape index (κ3) is 4.35. The second-order valence-electron chi connectivity index (χ2n) is 7.69. The van der Waals surface area contributed by atoms with E-state index >= 15 is 0 Å². The third-order valence-corrected chi connectivity index (χ3v) is 4.31. The van der Waals surface area contributed by atoms with Gasteiger partial charge >= 0.3 is 0 Å². The maximum atomic E-state index is 3.72. The normalized spacial score (nSPS) is 19.2. The molecule has 0 saturated heterocycles. The lowest BCUT2D eigenvalue weighted by Crippen LogP contribution is -2.44. The highest BCUT2D eigenvalue weighted by Gasteiger charge is 2.41. The average Bonchev–Trinajstić information content (AvgIpc) is 3.13. The van der Waals surface area contributed by atoms with Gasteiger partial charge in [0.25, 0.3) is 0 Å². The number of rotatable bonds is 5. The lowest BCUT2D eigenvalue weighted by Gasteiger charge is -2.34. The standard InChI is InChI=1S/C18H29N/c1-14-6-8-15(9-7-14)12-18(5,16-10-11-16)13-19-17(2,3)4/h6-9,16,19H,10-13H2,1-5H3. The van der Waals surface area contributed by atoms with Gasteiger partial charge in [-0.1, -0.05) is 36.8 Å². The second kappa shape index (κ2) is 5.28. The SMILES string of the molecule is Cc1ccc(CC(C)(CNC(C)(C)C)C2CC2)cc1. The predicted molar refractivity (Wildman–Crippen MR) is 83.5 cm³/mol. The maximum Gasteiger partial charge on any atom is 0.00967 e. The Balaban J connectivity index is 2.04. The molecule has 19 heavy (non-hydrogen) atoms. The van der Waals surface area contributed by atoms with Crippen LogP contribution in [0.15, 0.2) is 24.3 Å². The maximum absolute atomic E-state index is 3.72. The Morgan fingerprint density at radius 2 is 1.63 bits per heavy atom. The summed E-state index contributed by atoms with van der Waals surface area (Å²) in [5, 5.41) is 3.72. The highest BCUT2D eigenvalue weighted by molar-refractivity contribution is 5.23. The summed E-state index contributed by atoms with van der Waals surface area (Å²) in [5.74, 6) is 0.906. The Morgan fingerprint density at radius 1 is 1.05 bits per heavy atom. The van der Waals surface area contributed by atoms with Gasteiger partial charge in [-0.15, -0.1) is 0 Å². The summed E-state index contributed by atoms with van der Waals surface area (Å²) in [6.45, 7) is 12.5. The molecule has 0 heterocycles. The van der Waals surface area contributed by atoms with Crippen molar-refractivity contribution in [2.75, 3.05) is 6.54 Å². The zero-order valence-electron chi connectivity index (χ0n) is 13.2. The molecule has 0 spiro atoms. The molecule has 1 aliphatic carbocycles. The van der Waals surface area contributed by atoms with Crippen LogP contribution in [-0.4, -0.2) is 12.1 Å². The molecule has 1 saturated carbocycles. The van der Waals surface area contributed by atoms with Crippen LogP contribution in [0.4, 0.5) is 0 Å². The van der Waals surface area contributed by atoms with E-state index in [-0.39, 0.29) is 5.54 Å². The Labute approximate surface area is 118 Å². The van der Waals surface area contributed by atoms with E-state index < -0.39 is 0 Å². The molecule has 1 atom stereocenters. The van der Waals surface area contributed by atoms with Crippen LogP contribution in [0.2, 0.25) is 0 Å². The quantitative estimate of drug-likeness (QED) is 0.829. The van der Waals surface area contributed by atoms with Crippen LogP contribution in [0.1, 0.15) is 51.7 Å². The molecule has 1 N–H and O–H groups in total. The highest BCUT2D eigenvalue weighted by Crippen LogP contribution is 2.47. The van der Waals surface area contributed by atoms with Crippen LogP contribution in [0.3, 0.4) is 0 Å². The van der Waals surface area contributed by atoms with Crippen LogP contribution in [0.25, 0.3) is 0 Å². The van der Waals surface area contributed by atoms with Crippen molar-refractivity contribution in [3.8, 4) is 0 Å². The molecule has 0 aliphatic heterocycles.